The summed E-state index contributed by atoms with van der Waals surface area (Å²) in [5.74, 6) is -0.770. The molecule has 0 bridgehead atoms. The lowest BCUT2D eigenvalue weighted by atomic mass is 10.2. The van der Waals surface area contributed by atoms with E-state index in [4.69, 9.17) is 4.74 Å². The molecule has 0 heterocycles. The van der Waals surface area contributed by atoms with Crippen molar-refractivity contribution < 1.29 is 19.1 Å². The van der Waals surface area contributed by atoms with Gasteiger partial charge in [-0.3, -0.25) is 0 Å². The van der Waals surface area contributed by atoms with Gasteiger partial charge in [0.2, 0.25) is 0 Å². The first-order chi connectivity index (χ1) is 11.1. The van der Waals surface area contributed by atoms with Crippen LogP contribution in [-0.4, -0.2) is 50.0 Å². The van der Waals surface area contributed by atoms with Gasteiger partial charge in [0.05, 0.1) is 20.3 Å². The average molecular weight is 318 g/mol. The van der Waals surface area contributed by atoms with Gasteiger partial charge in [-0.05, 0) is 13.8 Å². The largest absolute Gasteiger partial charge is 0.466 e. The van der Waals surface area contributed by atoms with E-state index in [1.54, 1.807) is 0 Å². The van der Waals surface area contributed by atoms with Crippen LogP contribution < -0.4 is 0 Å². The molecule has 0 fully saturated rings. The van der Waals surface area contributed by atoms with E-state index >= 15 is 0 Å². The number of methoxy groups -OCH3 is 2. The second-order valence-corrected chi connectivity index (χ2v) is 4.52. The van der Waals surface area contributed by atoms with Gasteiger partial charge in [-0.1, -0.05) is 30.3 Å². The molecule has 0 saturated heterocycles. The second kappa shape index (κ2) is 9.40. The first kappa shape index (κ1) is 18.4. The summed E-state index contributed by atoms with van der Waals surface area (Å²) < 4.78 is 9.27. The van der Waals surface area contributed by atoms with Crippen molar-refractivity contribution in [3.05, 3.63) is 47.7 Å². The number of hydrogen-bond donors (Lipinski definition) is 0. The number of carbonyl (C=O) groups excluding carboxylic acids is 2. The molecule has 0 atom stereocenters. The summed E-state index contributed by atoms with van der Waals surface area (Å²) in [6.07, 6.45) is 1.03. The highest BCUT2D eigenvalue weighted by molar-refractivity contribution is 6.04. The third-order valence-electron chi connectivity index (χ3n) is 3.17. The van der Waals surface area contributed by atoms with Crippen LogP contribution in [0.3, 0.4) is 0 Å². The Bertz CT molecular complexity index is 590. The van der Waals surface area contributed by atoms with Crippen LogP contribution in [0.2, 0.25) is 0 Å². The number of hydrogen-bond acceptors (Lipinski definition) is 5. The molecular formula is C17H22N2O4. The van der Waals surface area contributed by atoms with Crippen molar-refractivity contribution in [2.75, 3.05) is 27.3 Å². The zero-order valence-electron chi connectivity index (χ0n) is 13.9. The van der Waals surface area contributed by atoms with Crippen LogP contribution in [0.5, 0.6) is 0 Å². The van der Waals surface area contributed by atoms with E-state index in [1.807, 2.05) is 49.1 Å². The number of ether oxygens (including phenoxy) is 2. The normalized spacial score (nSPS) is 11.8. The molecule has 6 heteroatoms. The molecule has 0 unspecified atom stereocenters. The molecule has 1 aromatic rings. The van der Waals surface area contributed by atoms with Crippen LogP contribution in [0.1, 0.15) is 19.4 Å². The van der Waals surface area contributed by atoms with Crippen molar-refractivity contribution in [1.82, 2.24) is 4.90 Å². The fourth-order valence-electron chi connectivity index (χ4n) is 1.95. The lowest BCUT2D eigenvalue weighted by Crippen LogP contribution is -2.32. The van der Waals surface area contributed by atoms with Gasteiger partial charge < -0.3 is 14.4 Å². The van der Waals surface area contributed by atoms with Crippen LogP contribution in [0.15, 0.2) is 47.1 Å². The number of aliphatic imine (C=N–C) groups is 1. The minimum atomic E-state index is -0.698. The van der Waals surface area contributed by atoms with Crippen molar-refractivity contribution in [3.8, 4) is 0 Å². The lowest BCUT2D eigenvalue weighted by Gasteiger charge is -2.23. The van der Waals surface area contributed by atoms with Gasteiger partial charge >= 0.3 is 11.9 Å². The zero-order chi connectivity index (χ0) is 17.2. The average Bonchev–Trinajstić information content (AvgIpc) is 2.60. The molecule has 0 aliphatic carbocycles. The summed E-state index contributed by atoms with van der Waals surface area (Å²) in [5, 5.41) is 0. The second-order valence-electron chi connectivity index (χ2n) is 4.52. The maximum Gasteiger partial charge on any atom is 0.357 e. The maximum atomic E-state index is 11.9. The Balaban J connectivity index is 3.41. The molecule has 0 saturated carbocycles. The molecule has 0 aliphatic heterocycles. The SMILES string of the molecule is CCN(CC)C(=N/C(=C/C(=O)OC)C(=O)OC)c1ccccc1. The van der Waals surface area contributed by atoms with E-state index in [1.165, 1.54) is 14.2 Å². The summed E-state index contributed by atoms with van der Waals surface area (Å²) in [6.45, 7) is 5.39. The van der Waals surface area contributed by atoms with Crippen LogP contribution in [0.4, 0.5) is 0 Å². The quantitative estimate of drug-likeness (QED) is 0.347. The summed E-state index contributed by atoms with van der Waals surface area (Å²) in [6, 6.07) is 9.45. The fourth-order valence-corrected chi connectivity index (χ4v) is 1.95. The Morgan fingerprint density at radius 3 is 2.17 bits per heavy atom. The Labute approximate surface area is 136 Å². The van der Waals surface area contributed by atoms with Crippen molar-refractivity contribution in [2.45, 2.75) is 13.8 Å². The first-order valence-corrected chi connectivity index (χ1v) is 7.34. The van der Waals surface area contributed by atoms with Gasteiger partial charge in [0.25, 0.3) is 0 Å². The van der Waals surface area contributed by atoms with E-state index < -0.39 is 11.9 Å². The Morgan fingerprint density at radius 1 is 1.09 bits per heavy atom. The van der Waals surface area contributed by atoms with E-state index in [0.29, 0.717) is 18.9 Å². The monoisotopic (exact) mass is 318 g/mol. The molecule has 23 heavy (non-hydrogen) atoms. The molecule has 0 spiro atoms. The molecule has 0 amide bonds. The molecule has 0 radical (unpaired) electrons. The highest BCUT2D eigenvalue weighted by Crippen LogP contribution is 2.11. The minimum Gasteiger partial charge on any atom is -0.466 e. The van der Waals surface area contributed by atoms with E-state index in [-0.39, 0.29) is 5.70 Å². The van der Waals surface area contributed by atoms with E-state index in [0.717, 1.165) is 11.6 Å². The fraction of sp³-hybridized carbons (Fsp3) is 0.353. The molecule has 6 nitrogen and oxygen atoms in total. The van der Waals surface area contributed by atoms with Gasteiger partial charge in [-0.25, -0.2) is 14.6 Å². The summed E-state index contributed by atoms with van der Waals surface area (Å²) in [5.41, 5.74) is 0.737. The number of amidine groups is 1. The first-order valence-electron chi connectivity index (χ1n) is 7.34. The molecule has 0 aromatic heterocycles. The maximum absolute atomic E-state index is 11.9. The molecule has 1 rings (SSSR count). The van der Waals surface area contributed by atoms with Crippen molar-refractivity contribution in [2.24, 2.45) is 4.99 Å². The van der Waals surface area contributed by atoms with Gasteiger partial charge in [0.15, 0.2) is 5.70 Å². The Kier molecular flexibility index (Phi) is 7.53. The van der Waals surface area contributed by atoms with Gasteiger partial charge in [0.1, 0.15) is 5.84 Å². The predicted molar refractivity (Wildman–Crippen MR) is 88.0 cm³/mol. The van der Waals surface area contributed by atoms with Crippen LogP contribution >= 0.6 is 0 Å². The standard InChI is InChI=1S/C17H22N2O4/c1-5-19(6-2)16(13-10-8-7-9-11-13)18-14(17(21)23-4)12-15(20)22-3/h7-12H,5-6H2,1-4H3/b14-12+,18-16?. The summed E-state index contributed by atoms with van der Waals surface area (Å²) in [4.78, 5) is 29.8. The highest BCUT2D eigenvalue weighted by atomic mass is 16.5. The number of nitrogens with zero attached hydrogens (tertiary/aromatic N) is 2. The molecule has 0 aliphatic rings. The van der Waals surface area contributed by atoms with Crippen LogP contribution in [0, 0.1) is 0 Å². The zero-order valence-corrected chi connectivity index (χ0v) is 13.9. The lowest BCUT2D eigenvalue weighted by molar-refractivity contribution is -0.138. The van der Waals surface area contributed by atoms with Gasteiger partial charge in [-0.2, -0.15) is 0 Å². The predicted octanol–water partition coefficient (Wildman–Crippen LogP) is 2.00. The van der Waals surface area contributed by atoms with E-state index in [2.05, 4.69) is 9.73 Å². The number of benzene rings is 1. The number of rotatable bonds is 6. The molecule has 1 aromatic carbocycles. The third kappa shape index (κ3) is 5.25. The molecule has 0 N–H and O–H groups in total. The third-order valence-corrected chi connectivity index (χ3v) is 3.17. The molecule has 124 valence electrons. The van der Waals surface area contributed by atoms with Crippen molar-refractivity contribution >= 4 is 17.8 Å². The smallest absolute Gasteiger partial charge is 0.357 e. The number of esters is 2. The molecular weight excluding hydrogens is 296 g/mol. The van der Waals surface area contributed by atoms with Gasteiger partial charge in [-0.15, -0.1) is 0 Å². The Hall–Kier alpha value is -2.63. The van der Waals surface area contributed by atoms with E-state index in [9.17, 15) is 9.59 Å². The van der Waals surface area contributed by atoms with Gasteiger partial charge in [0, 0.05) is 18.7 Å². The highest BCUT2D eigenvalue weighted by Gasteiger charge is 2.17. The van der Waals surface area contributed by atoms with Crippen molar-refractivity contribution in [1.29, 1.82) is 0 Å². The topological polar surface area (TPSA) is 68.2 Å². The Morgan fingerprint density at radius 2 is 1.70 bits per heavy atom. The summed E-state index contributed by atoms with van der Waals surface area (Å²) in [7, 11) is 2.47. The van der Waals surface area contributed by atoms with Crippen LogP contribution in [0.25, 0.3) is 0 Å². The van der Waals surface area contributed by atoms with Crippen LogP contribution in [-0.2, 0) is 19.1 Å². The minimum absolute atomic E-state index is 0.106. The van der Waals surface area contributed by atoms with Crippen molar-refractivity contribution in [3.63, 3.8) is 0 Å². The number of carbonyl (C=O) groups is 2. The summed E-state index contributed by atoms with van der Waals surface area (Å²) >= 11 is 0.